The van der Waals surface area contributed by atoms with Gasteiger partial charge in [-0.1, -0.05) is 62.4 Å². The van der Waals surface area contributed by atoms with Gasteiger partial charge in [-0.15, -0.1) is 0 Å². The first-order chi connectivity index (χ1) is 14.5. The van der Waals surface area contributed by atoms with Crippen LogP contribution in [0.2, 0.25) is 0 Å². The molecule has 0 radical (unpaired) electrons. The van der Waals surface area contributed by atoms with Crippen molar-refractivity contribution in [1.82, 2.24) is 15.1 Å². The summed E-state index contributed by atoms with van der Waals surface area (Å²) in [6.45, 7) is 5.76. The molecule has 6 nitrogen and oxygen atoms in total. The summed E-state index contributed by atoms with van der Waals surface area (Å²) in [4.78, 5) is 41.8. The maximum atomic E-state index is 13.3. The van der Waals surface area contributed by atoms with Gasteiger partial charge in [-0.25, -0.2) is 0 Å². The molecule has 0 aromatic heterocycles. The zero-order valence-corrected chi connectivity index (χ0v) is 17.6. The molecule has 3 rings (SSSR count). The fourth-order valence-corrected chi connectivity index (χ4v) is 3.61. The van der Waals surface area contributed by atoms with Crippen molar-refractivity contribution in [2.24, 2.45) is 5.92 Å². The Kier molecular flexibility index (Phi) is 7.22. The lowest BCUT2D eigenvalue weighted by Crippen LogP contribution is -2.56. The number of hydrogen-bond acceptors (Lipinski definition) is 3. The molecular weight excluding hydrogens is 378 g/mol. The van der Waals surface area contributed by atoms with Gasteiger partial charge in [0.1, 0.15) is 6.04 Å². The highest BCUT2D eigenvalue weighted by molar-refractivity contribution is 5.97. The van der Waals surface area contributed by atoms with E-state index in [0.29, 0.717) is 38.2 Å². The molecule has 0 spiro atoms. The van der Waals surface area contributed by atoms with Gasteiger partial charge in [-0.3, -0.25) is 14.4 Å². The second-order valence-corrected chi connectivity index (χ2v) is 7.89. The summed E-state index contributed by atoms with van der Waals surface area (Å²) < 4.78 is 0. The second kappa shape index (κ2) is 10.1. The summed E-state index contributed by atoms with van der Waals surface area (Å²) in [6, 6.07) is 17.9. The Morgan fingerprint density at radius 3 is 1.83 bits per heavy atom. The monoisotopic (exact) mass is 407 g/mol. The van der Waals surface area contributed by atoms with E-state index >= 15 is 0 Å². The van der Waals surface area contributed by atoms with Gasteiger partial charge in [0.25, 0.3) is 5.91 Å². The predicted octanol–water partition coefficient (Wildman–Crippen LogP) is 2.35. The molecule has 1 N–H and O–H groups in total. The van der Waals surface area contributed by atoms with Crippen molar-refractivity contribution in [3.8, 4) is 0 Å². The van der Waals surface area contributed by atoms with Crippen LogP contribution in [0.3, 0.4) is 0 Å². The van der Waals surface area contributed by atoms with Gasteiger partial charge in [-0.05, 0) is 17.7 Å². The summed E-state index contributed by atoms with van der Waals surface area (Å²) in [7, 11) is 0. The van der Waals surface area contributed by atoms with Gasteiger partial charge in [0.05, 0.1) is 0 Å². The van der Waals surface area contributed by atoms with Crippen LogP contribution in [0.15, 0.2) is 60.7 Å². The smallest absolute Gasteiger partial charge is 0.251 e. The largest absolute Gasteiger partial charge is 0.340 e. The Balaban J connectivity index is 1.70. The maximum absolute atomic E-state index is 13.3. The number of rotatable bonds is 6. The molecule has 6 heteroatoms. The Morgan fingerprint density at radius 2 is 1.30 bits per heavy atom. The molecule has 0 aliphatic carbocycles. The first-order valence-electron chi connectivity index (χ1n) is 10.4. The minimum atomic E-state index is -0.660. The molecule has 1 unspecified atom stereocenters. The molecule has 0 bridgehead atoms. The van der Waals surface area contributed by atoms with E-state index < -0.39 is 6.04 Å². The average Bonchev–Trinajstić information content (AvgIpc) is 2.79. The normalized spacial score (nSPS) is 15.0. The lowest BCUT2D eigenvalue weighted by Gasteiger charge is -2.37. The standard InChI is InChI=1S/C24H29N3O3/c1-18(2)23(29)26-13-15-27(16-14-26)24(30)21(17-19-9-5-3-6-10-19)25-22(28)20-11-7-4-8-12-20/h3-12,18,21H,13-17H2,1-2H3,(H,25,28). The third-order valence-electron chi connectivity index (χ3n) is 5.32. The molecule has 1 atom stereocenters. The van der Waals surface area contributed by atoms with E-state index in [0.717, 1.165) is 5.56 Å². The number of piperazine rings is 1. The summed E-state index contributed by atoms with van der Waals surface area (Å²) in [5.41, 5.74) is 1.51. The Hall–Kier alpha value is -3.15. The molecule has 30 heavy (non-hydrogen) atoms. The van der Waals surface area contributed by atoms with E-state index in [4.69, 9.17) is 0 Å². The number of amides is 3. The van der Waals surface area contributed by atoms with Gasteiger partial charge in [0, 0.05) is 44.1 Å². The van der Waals surface area contributed by atoms with E-state index in [-0.39, 0.29) is 23.6 Å². The Labute approximate surface area is 177 Å². The number of hydrogen-bond donors (Lipinski definition) is 1. The van der Waals surface area contributed by atoms with E-state index in [1.54, 1.807) is 29.2 Å². The van der Waals surface area contributed by atoms with Crippen molar-refractivity contribution >= 4 is 17.7 Å². The summed E-state index contributed by atoms with van der Waals surface area (Å²) in [5.74, 6) is -0.318. The Morgan fingerprint density at radius 1 is 0.800 bits per heavy atom. The summed E-state index contributed by atoms with van der Waals surface area (Å²) in [5, 5.41) is 2.92. The number of nitrogens with zero attached hydrogens (tertiary/aromatic N) is 2. The van der Waals surface area contributed by atoms with Crippen molar-refractivity contribution in [1.29, 1.82) is 0 Å². The van der Waals surface area contributed by atoms with Gasteiger partial charge in [0.2, 0.25) is 11.8 Å². The average molecular weight is 408 g/mol. The van der Waals surface area contributed by atoms with Crippen molar-refractivity contribution < 1.29 is 14.4 Å². The minimum absolute atomic E-state index is 0.0526. The quantitative estimate of drug-likeness (QED) is 0.799. The summed E-state index contributed by atoms with van der Waals surface area (Å²) in [6.07, 6.45) is 0.420. The lowest BCUT2D eigenvalue weighted by atomic mass is 10.0. The maximum Gasteiger partial charge on any atom is 0.251 e. The van der Waals surface area contributed by atoms with Crippen LogP contribution in [0, 0.1) is 5.92 Å². The molecule has 1 fully saturated rings. The van der Waals surface area contributed by atoms with Crippen LogP contribution in [0.5, 0.6) is 0 Å². The van der Waals surface area contributed by atoms with Crippen molar-refractivity contribution in [3.63, 3.8) is 0 Å². The number of carbonyl (C=O) groups is 3. The third-order valence-corrected chi connectivity index (χ3v) is 5.32. The third kappa shape index (κ3) is 5.47. The second-order valence-electron chi connectivity index (χ2n) is 7.89. The molecule has 0 saturated carbocycles. The molecule has 1 saturated heterocycles. The highest BCUT2D eigenvalue weighted by Crippen LogP contribution is 2.12. The number of carbonyl (C=O) groups excluding carboxylic acids is 3. The van der Waals surface area contributed by atoms with E-state index in [2.05, 4.69) is 5.32 Å². The first-order valence-corrected chi connectivity index (χ1v) is 10.4. The molecule has 2 aromatic carbocycles. The topological polar surface area (TPSA) is 69.7 Å². The number of benzene rings is 2. The highest BCUT2D eigenvalue weighted by atomic mass is 16.2. The van der Waals surface area contributed by atoms with Gasteiger partial charge < -0.3 is 15.1 Å². The predicted molar refractivity (Wildman–Crippen MR) is 116 cm³/mol. The van der Waals surface area contributed by atoms with Gasteiger partial charge in [0.15, 0.2) is 0 Å². The molecule has 1 aliphatic heterocycles. The SMILES string of the molecule is CC(C)C(=O)N1CCN(C(=O)C(Cc2ccccc2)NC(=O)c2ccccc2)CC1. The van der Waals surface area contributed by atoms with Crippen LogP contribution in [0.25, 0.3) is 0 Å². The van der Waals surface area contributed by atoms with Crippen LogP contribution in [0.4, 0.5) is 0 Å². The summed E-state index contributed by atoms with van der Waals surface area (Å²) >= 11 is 0. The first kappa shape index (κ1) is 21.6. The molecule has 2 aromatic rings. The molecular formula is C24H29N3O3. The van der Waals surface area contributed by atoms with Crippen molar-refractivity contribution in [3.05, 3.63) is 71.8 Å². The van der Waals surface area contributed by atoms with E-state index in [9.17, 15) is 14.4 Å². The Bertz CT molecular complexity index is 860. The zero-order valence-electron chi connectivity index (χ0n) is 17.6. The molecule has 3 amide bonds. The van der Waals surface area contributed by atoms with Crippen LogP contribution in [-0.4, -0.2) is 59.7 Å². The fraction of sp³-hybridized carbons (Fsp3) is 0.375. The van der Waals surface area contributed by atoms with Crippen LogP contribution >= 0.6 is 0 Å². The molecule has 1 aliphatic rings. The fourth-order valence-electron chi connectivity index (χ4n) is 3.61. The molecule has 1 heterocycles. The van der Waals surface area contributed by atoms with Crippen LogP contribution in [-0.2, 0) is 16.0 Å². The van der Waals surface area contributed by atoms with Gasteiger partial charge in [-0.2, -0.15) is 0 Å². The van der Waals surface area contributed by atoms with Gasteiger partial charge >= 0.3 is 0 Å². The lowest BCUT2D eigenvalue weighted by molar-refractivity contribution is -0.142. The highest BCUT2D eigenvalue weighted by Gasteiger charge is 2.30. The minimum Gasteiger partial charge on any atom is -0.340 e. The number of nitrogens with one attached hydrogen (secondary N) is 1. The zero-order chi connectivity index (χ0) is 21.5. The van der Waals surface area contributed by atoms with Crippen LogP contribution in [0.1, 0.15) is 29.8 Å². The van der Waals surface area contributed by atoms with Crippen molar-refractivity contribution in [2.75, 3.05) is 26.2 Å². The van der Waals surface area contributed by atoms with Crippen molar-refractivity contribution in [2.45, 2.75) is 26.3 Å². The van der Waals surface area contributed by atoms with Crippen LogP contribution < -0.4 is 5.32 Å². The van der Waals surface area contributed by atoms with E-state index in [1.807, 2.05) is 55.1 Å². The van der Waals surface area contributed by atoms with E-state index in [1.165, 1.54) is 0 Å². The molecule has 158 valence electrons.